The maximum atomic E-state index is 12.5. The van der Waals surface area contributed by atoms with Crippen LogP contribution in [0.3, 0.4) is 0 Å². The van der Waals surface area contributed by atoms with E-state index in [-0.39, 0.29) is 36.9 Å². The number of carbonyl (C=O) groups is 3. The number of furan rings is 1. The molecule has 3 aromatic rings. The number of anilines is 1. The minimum Gasteiger partial charge on any atom is -0.481 e. The first-order valence-electron chi connectivity index (χ1n) is 10.7. The van der Waals surface area contributed by atoms with Gasteiger partial charge in [0.2, 0.25) is 5.76 Å². The van der Waals surface area contributed by atoms with Crippen molar-refractivity contribution in [1.29, 1.82) is 0 Å². The van der Waals surface area contributed by atoms with Gasteiger partial charge >= 0.3 is 12.1 Å². The third-order valence-corrected chi connectivity index (χ3v) is 5.68. The highest BCUT2D eigenvalue weighted by atomic mass is 16.5. The summed E-state index contributed by atoms with van der Waals surface area (Å²) in [4.78, 5) is 35.8. The van der Waals surface area contributed by atoms with E-state index in [9.17, 15) is 14.4 Å². The van der Waals surface area contributed by atoms with Gasteiger partial charge in [0.25, 0.3) is 5.91 Å². The molecule has 1 aliphatic carbocycles. The normalized spacial score (nSPS) is 13.0. The zero-order chi connectivity index (χ0) is 24.1. The zero-order valence-corrected chi connectivity index (χ0v) is 18.4. The molecule has 2 amide bonds. The zero-order valence-electron chi connectivity index (χ0n) is 18.4. The molecular formula is C25H24N2O7. The van der Waals surface area contributed by atoms with Crippen molar-refractivity contribution >= 4 is 23.7 Å². The van der Waals surface area contributed by atoms with Crippen molar-refractivity contribution in [3.63, 3.8) is 0 Å². The Morgan fingerprint density at radius 2 is 1.68 bits per heavy atom. The van der Waals surface area contributed by atoms with Gasteiger partial charge in [-0.2, -0.15) is 0 Å². The number of carbonyl (C=O) groups excluding carboxylic acids is 2. The van der Waals surface area contributed by atoms with E-state index in [0.717, 1.165) is 22.3 Å². The summed E-state index contributed by atoms with van der Waals surface area (Å²) in [6, 6.07) is 17.5. The van der Waals surface area contributed by atoms with Gasteiger partial charge in [-0.25, -0.2) is 4.79 Å². The van der Waals surface area contributed by atoms with Crippen LogP contribution in [0, 0.1) is 0 Å². The molecular weight excluding hydrogens is 440 g/mol. The van der Waals surface area contributed by atoms with Crippen LogP contribution in [-0.2, 0) is 14.3 Å². The summed E-state index contributed by atoms with van der Waals surface area (Å²) in [5.74, 6) is -1.88. The Morgan fingerprint density at radius 3 is 2.29 bits per heavy atom. The first kappa shape index (κ1) is 23.1. The number of carboxylic acids is 1. The van der Waals surface area contributed by atoms with Gasteiger partial charge < -0.3 is 24.3 Å². The monoisotopic (exact) mass is 464 g/mol. The van der Waals surface area contributed by atoms with Crippen molar-refractivity contribution in [3.05, 3.63) is 77.7 Å². The summed E-state index contributed by atoms with van der Waals surface area (Å²) in [6.45, 7) is 0.0939. The van der Waals surface area contributed by atoms with Gasteiger partial charge in [-0.1, -0.05) is 48.5 Å². The second-order valence-corrected chi connectivity index (χ2v) is 7.78. The van der Waals surface area contributed by atoms with Gasteiger partial charge in [-0.3, -0.25) is 14.9 Å². The lowest BCUT2D eigenvalue weighted by molar-refractivity contribution is -0.139. The molecule has 1 aliphatic rings. The van der Waals surface area contributed by atoms with Gasteiger partial charge in [0, 0.05) is 25.6 Å². The number of amides is 2. The Bertz CT molecular complexity index is 1160. The van der Waals surface area contributed by atoms with E-state index in [4.69, 9.17) is 19.0 Å². The molecule has 2 aromatic carbocycles. The summed E-state index contributed by atoms with van der Waals surface area (Å²) < 4.78 is 15.7. The molecule has 4 rings (SSSR count). The molecule has 0 saturated carbocycles. The van der Waals surface area contributed by atoms with Crippen molar-refractivity contribution in [1.82, 2.24) is 5.32 Å². The molecule has 1 atom stereocenters. The minimum atomic E-state index is -1.04. The fraction of sp³-hybridized carbons (Fsp3) is 0.240. The molecule has 9 heteroatoms. The number of carboxylic acid groups (broad SMARTS) is 1. The van der Waals surface area contributed by atoms with Crippen molar-refractivity contribution in [2.24, 2.45) is 0 Å². The van der Waals surface area contributed by atoms with Crippen LogP contribution in [-0.4, -0.2) is 49.4 Å². The third kappa shape index (κ3) is 4.94. The highest BCUT2D eigenvalue weighted by Gasteiger charge is 2.29. The molecule has 3 N–H and O–H groups in total. The lowest BCUT2D eigenvalue weighted by Crippen LogP contribution is -2.34. The highest BCUT2D eigenvalue weighted by Crippen LogP contribution is 2.44. The molecule has 0 fully saturated rings. The molecule has 34 heavy (non-hydrogen) atoms. The smallest absolute Gasteiger partial charge is 0.411 e. The maximum absolute atomic E-state index is 12.5. The number of methoxy groups -OCH3 is 1. The number of nitrogens with one attached hydrogen (secondary N) is 2. The molecule has 0 saturated heterocycles. The molecule has 9 nitrogen and oxygen atoms in total. The van der Waals surface area contributed by atoms with Crippen LogP contribution >= 0.6 is 0 Å². The van der Waals surface area contributed by atoms with E-state index < -0.39 is 24.1 Å². The van der Waals surface area contributed by atoms with Crippen molar-refractivity contribution < 1.29 is 33.4 Å². The van der Waals surface area contributed by atoms with E-state index in [0.29, 0.717) is 0 Å². The van der Waals surface area contributed by atoms with Crippen molar-refractivity contribution in [2.75, 3.05) is 25.6 Å². The molecule has 1 unspecified atom stereocenters. The van der Waals surface area contributed by atoms with Gasteiger partial charge in [0.05, 0.1) is 24.5 Å². The Kier molecular flexibility index (Phi) is 6.93. The minimum absolute atomic E-state index is 0.0350. The van der Waals surface area contributed by atoms with Crippen LogP contribution in [0.4, 0.5) is 10.5 Å². The Balaban J connectivity index is 1.37. The number of hydrogen-bond acceptors (Lipinski definition) is 6. The molecule has 176 valence electrons. The topological polar surface area (TPSA) is 127 Å². The largest absolute Gasteiger partial charge is 0.481 e. The average Bonchev–Trinajstić information content (AvgIpc) is 3.42. The second-order valence-electron chi connectivity index (χ2n) is 7.78. The van der Waals surface area contributed by atoms with E-state index in [1.807, 2.05) is 36.4 Å². The number of hydrogen-bond donors (Lipinski definition) is 3. The SMILES string of the molecule is COC(CNC(=O)c1occc1NC(=O)OCC1c2ccccc2-c2ccccc21)CC(=O)O. The van der Waals surface area contributed by atoms with Gasteiger partial charge in [0.1, 0.15) is 6.61 Å². The number of ether oxygens (including phenoxy) is 2. The first-order valence-corrected chi connectivity index (χ1v) is 10.7. The Morgan fingerprint density at radius 1 is 1.03 bits per heavy atom. The third-order valence-electron chi connectivity index (χ3n) is 5.68. The molecule has 1 aromatic heterocycles. The molecule has 1 heterocycles. The van der Waals surface area contributed by atoms with Crippen LogP contribution in [0.15, 0.2) is 65.3 Å². The summed E-state index contributed by atoms with van der Waals surface area (Å²) in [6.07, 6.45) is -0.424. The first-order chi connectivity index (χ1) is 16.5. The molecule has 0 aliphatic heterocycles. The van der Waals surface area contributed by atoms with E-state index >= 15 is 0 Å². The summed E-state index contributed by atoms with van der Waals surface area (Å²) in [7, 11) is 1.36. The quantitative estimate of drug-likeness (QED) is 0.439. The van der Waals surface area contributed by atoms with Crippen LogP contribution in [0.25, 0.3) is 11.1 Å². The second kappa shape index (κ2) is 10.2. The predicted octanol–water partition coefficient (Wildman–Crippen LogP) is 3.86. The molecule has 0 bridgehead atoms. The van der Waals surface area contributed by atoms with Crippen molar-refractivity contribution in [3.8, 4) is 11.1 Å². The molecule has 0 radical (unpaired) electrons. The highest BCUT2D eigenvalue weighted by molar-refractivity contribution is 6.00. The number of fused-ring (bicyclic) bond motifs is 3. The maximum Gasteiger partial charge on any atom is 0.411 e. The summed E-state index contributed by atoms with van der Waals surface area (Å²) in [5.41, 5.74) is 4.57. The van der Waals surface area contributed by atoms with Crippen LogP contribution in [0.5, 0.6) is 0 Å². The lowest BCUT2D eigenvalue weighted by atomic mass is 9.98. The fourth-order valence-corrected chi connectivity index (χ4v) is 4.05. The van der Waals surface area contributed by atoms with Crippen LogP contribution in [0.1, 0.15) is 34.0 Å². The fourth-order valence-electron chi connectivity index (χ4n) is 4.05. The van der Waals surface area contributed by atoms with Gasteiger partial charge in [-0.15, -0.1) is 0 Å². The molecule has 0 spiro atoms. The van der Waals surface area contributed by atoms with Gasteiger partial charge in [-0.05, 0) is 22.3 Å². The lowest BCUT2D eigenvalue weighted by Gasteiger charge is -2.15. The Labute approximate surface area is 195 Å². The standard InChI is InChI=1S/C25H24N2O7/c1-32-15(12-22(28)29)13-26-24(30)23-21(10-11-33-23)27-25(31)34-14-20-18-8-4-2-6-16(18)17-7-3-5-9-19(17)20/h2-11,15,20H,12-14H2,1H3,(H,26,30)(H,27,31)(H,28,29). The van der Waals surface area contributed by atoms with E-state index in [1.54, 1.807) is 0 Å². The van der Waals surface area contributed by atoms with Crippen LogP contribution in [0.2, 0.25) is 0 Å². The average molecular weight is 464 g/mol. The van der Waals surface area contributed by atoms with Gasteiger partial charge in [0.15, 0.2) is 0 Å². The Hall–Kier alpha value is -4.11. The van der Waals surface area contributed by atoms with Crippen LogP contribution < -0.4 is 10.6 Å². The number of benzene rings is 2. The van der Waals surface area contributed by atoms with Crippen molar-refractivity contribution in [2.45, 2.75) is 18.4 Å². The summed E-state index contributed by atoms with van der Waals surface area (Å²) >= 11 is 0. The number of aliphatic carboxylic acids is 1. The van der Waals surface area contributed by atoms with E-state index in [2.05, 4.69) is 22.8 Å². The number of rotatable bonds is 9. The summed E-state index contributed by atoms with van der Waals surface area (Å²) in [5, 5.41) is 13.9. The van der Waals surface area contributed by atoms with E-state index in [1.165, 1.54) is 19.4 Å². The predicted molar refractivity (Wildman–Crippen MR) is 123 cm³/mol.